The molecule has 37 heavy (non-hydrogen) atoms. The van der Waals surface area contributed by atoms with Gasteiger partial charge in [-0.15, -0.1) is 0 Å². The number of piperidine rings is 1. The van der Waals surface area contributed by atoms with Crippen LogP contribution in [0.3, 0.4) is 0 Å². The van der Waals surface area contributed by atoms with E-state index in [0.29, 0.717) is 60.9 Å². The molecule has 2 aliphatic heterocycles. The molecule has 9 nitrogen and oxygen atoms in total. The van der Waals surface area contributed by atoms with Crippen LogP contribution in [0.1, 0.15) is 30.1 Å². The van der Waals surface area contributed by atoms with Crippen LogP contribution in [-0.4, -0.2) is 62.1 Å². The second-order valence-corrected chi connectivity index (χ2v) is 9.63. The van der Waals surface area contributed by atoms with Crippen molar-refractivity contribution in [2.45, 2.75) is 31.5 Å². The van der Waals surface area contributed by atoms with Crippen molar-refractivity contribution in [3.8, 4) is 0 Å². The standard InChI is InChI=1S/C26H28FN5O4S/c1-17(37)29-15-21-16-32(25(34)36-21)20-8-9-23(22(27)14-20)31-12-10-26(28-2,11-13-31)30-19-6-4-18(5-7-19)24(33)35-3/h4-9,14,21,30H,10-13,15-16H2,1,3H3,(H,29,37)/t21-/m0/s1. The lowest BCUT2D eigenvalue weighted by Gasteiger charge is -2.36. The third-order valence-corrected chi connectivity index (χ3v) is 6.67. The summed E-state index contributed by atoms with van der Waals surface area (Å²) >= 11 is 4.99. The van der Waals surface area contributed by atoms with E-state index < -0.39 is 23.5 Å². The van der Waals surface area contributed by atoms with Gasteiger partial charge in [0.05, 0.1) is 55.0 Å². The first kappa shape index (κ1) is 26.2. The number of amides is 1. The van der Waals surface area contributed by atoms with Gasteiger partial charge < -0.3 is 25.0 Å². The van der Waals surface area contributed by atoms with Gasteiger partial charge in [0.25, 0.3) is 0 Å². The Morgan fingerprint density at radius 2 is 1.97 bits per heavy atom. The molecule has 2 saturated heterocycles. The maximum atomic E-state index is 15.2. The summed E-state index contributed by atoms with van der Waals surface area (Å²) < 4.78 is 25.2. The van der Waals surface area contributed by atoms with Crippen molar-refractivity contribution in [3.05, 3.63) is 65.3 Å². The number of hydrogen-bond acceptors (Lipinski definition) is 7. The van der Waals surface area contributed by atoms with E-state index in [-0.39, 0.29) is 6.10 Å². The van der Waals surface area contributed by atoms with Gasteiger partial charge in [-0.3, -0.25) is 9.74 Å². The van der Waals surface area contributed by atoms with Gasteiger partial charge in [-0.2, -0.15) is 0 Å². The third kappa shape index (κ3) is 5.91. The highest BCUT2D eigenvalue weighted by atomic mass is 32.1. The van der Waals surface area contributed by atoms with Crippen molar-refractivity contribution < 1.29 is 23.5 Å². The van der Waals surface area contributed by atoms with Gasteiger partial charge in [-0.25, -0.2) is 20.6 Å². The minimum absolute atomic E-state index is 0.302. The van der Waals surface area contributed by atoms with Crippen LogP contribution in [-0.2, 0) is 9.47 Å². The highest BCUT2D eigenvalue weighted by Gasteiger charge is 2.41. The van der Waals surface area contributed by atoms with Crippen LogP contribution in [0, 0.1) is 12.4 Å². The molecule has 2 aliphatic rings. The minimum atomic E-state index is -0.830. The summed E-state index contributed by atoms with van der Waals surface area (Å²) in [5, 5.41) is 6.27. The van der Waals surface area contributed by atoms with Crippen molar-refractivity contribution in [3.63, 3.8) is 0 Å². The summed E-state index contributed by atoms with van der Waals surface area (Å²) in [6.45, 7) is 11.2. The van der Waals surface area contributed by atoms with E-state index in [1.165, 1.54) is 18.1 Å². The lowest BCUT2D eigenvalue weighted by molar-refractivity contribution is 0.0600. The number of carbonyl (C=O) groups excluding carboxylic acids is 2. The number of nitrogens with one attached hydrogen (secondary N) is 2. The van der Waals surface area contributed by atoms with E-state index in [2.05, 4.69) is 15.5 Å². The number of ether oxygens (including phenoxy) is 2. The normalized spacial score (nSPS) is 18.5. The summed E-state index contributed by atoms with van der Waals surface area (Å²) in [6.07, 6.45) is 0.0544. The first-order valence-electron chi connectivity index (χ1n) is 11.9. The Kier molecular flexibility index (Phi) is 7.78. The molecular formula is C26H28FN5O4S. The van der Waals surface area contributed by atoms with Gasteiger partial charge >= 0.3 is 17.7 Å². The van der Waals surface area contributed by atoms with E-state index in [1.54, 1.807) is 43.3 Å². The molecule has 1 atom stereocenters. The zero-order chi connectivity index (χ0) is 26.6. The van der Waals surface area contributed by atoms with Crippen molar-refractivity contribution in [1.82, 2.24) is 5.32 Å². The average molecular weight is 526 g/mol. The number of nitrogens with zero attached hydrogens (tertiary/aromatic N) is 3. The van der Waals surface area contributed by atoms with E-state index >= 15 is 4.39 Å². The van der Waals surface area contributed by atoms with Gasteiger partial charge in [0.2, 0.25) is 0 Å². The quantitative estimate of drug-likeness (QED) is 0.316. The number of thiocarbonyl (C=S) groups is 1. The molecule has 194 valence electrons. The maximum absolute atomic E-state index is 15.2. The zero-order valence-corrected chi connectivity index (χ0v) is 21.4. The van der Waals surface area contributed by atoms with E-state index in [9.17, 15) is 9.59 Å². The molecule has 2 N–H and O–H groups in total. The van der Waals surface area contributed by atoms with Crippen LogP contribution in [0.2, 0.25) is 0 Å². The molecule has 4 rings (SSSR count). The molecule has 0 saturated carbocycles. The first-order chi connectivity index (χ1) is 17.7. The minimum Gasteiger partial charge on any atom is -0.465 e. The van der Waals surface area contributed by atoms with Crippen LogP contribution in [0.25, 0.3) is 4.85 Å². The summed E-state index contributed by atoms with van der Waals surface area (Å²) in [7, 11) is 1.32. The Bertz CT molecular complexity index is 1220. The second-order valence-electron chi connectivity index (χ2n) is 9.01. The molecule has 1 amide bonds. The van der Waals surface area contributed by atoms with Gasteiger partial charge in [0.1, 0.15) is 11.9 Å². The lowest BCUT2D eigenvalue weighted by Crippen LogP contribution is -2.47. The predicted molar refractivity (Wildman–Crippen MR) is 142 cm³/mol. The number of carbonyl (C=O) groups is 2. The Balaban J connectivity index is 1.39. The fraction of sp³-hybridized carbons (Fsp3) is 0.385. The Morgan fingerprint density at radius 3 is 2.57 bits per heavy atom. The average Bonchev–Trinajstić information content (AvgIpc) is 3.28. The molecule has 2 aromatic carbocycles. The van der Waals surface area contributed by atoms with Gasteiger partial charge in [0, 0.05) is 18.8 Å². The summed E-state index contributed by atoms with van der Waals surface area (Å²) in [6, 6.07) is 11.5. The van der Waals surface area contributed by atoms with E-state index in [1.807, 2.05) is 4.90 Å². The third-order valence-electron chi connectivity index (χ3n) is 6.52. The smallest absolute Gasteiger partial charge is 0.414 e. The molecule has 2 heterocycles. The molecule has 11 heteroatoms. The number of benzene rings is 2. The van der Waals surface area contributed by atoms with E-state index in [4.69, 9.17) is 28.3 Å². The van der Waals surface area contributed by atoms with E-state index in [0.717, 1.165) is 5.69 Å². The zero-order valence-electron chi connectivity index (χ0n) is 20.6. The largest absolute Gasteiger partial charge is 0.465 e. The number of esters is 1. The van der Waals surface area contributed by atoms with Crippen LogP contribution < -0.4 is 20.4 Å². The molecule has 2 fully saturated rings. The number of methoxy groups -OCH3 is 1. The highest BCUT2D eigenvalue weighted by molar-refractivity contribution is 7.80. The maximum Gasteiger partial charge on any atom is 0.414 e. The Labute approximate surface area is 220 Å². The lowest BCUT2D eigenvalue weighted by atomic mass is 9.96. The van der Waals surface area contributed by atoms with Crippen molar-refractivity contribution in [2.24, 2.45) is 0 Å². The summed E-state index contributed by atoms with van der Waals surface area (Å²) in [5.74, 6) is -0.865. The van der Waals surface area contributed by atoms with Crippen LogP contribution in [0.5, 0.6) is 0 Å². The number of halogens is 1. The van der Waals surface area contributed by atoms with Crippen molar-refractivity contribution in [1.29, 1.82) is 0 Å². The Hall–Kier alpha value is -3.91. The monoisotopic (exact) mass is 525 g/mol. The van der Waals surface area contributed by atoms with Crippen LogP contribution >= 0.6 is 12.2 Å². The second kappa shape index (κ2) is 11.0. The van der Waals surface area contributed by atoms with Gasteiger partial charge in [-0.05, 0) is 49.4 Å². The topological polar surface area (TPSA) is 87.5 Å². The van der Waals surface area contributed by atoms with Crippen molar-refractivity contribution in [2.75, 3.05) is 48.4 Å². The van der Waals surface area contributed by atoms with Crippen LogP contribution in [0.15, 0.2) is 42.5 Å². The molecule has 2 aromatic rings. The number of cyclic esters (lactones) is 1. The SMILES string of the molecule is [C-]#[N+]C1(Nc2ccc(C(=O)OC)cc2)CCN(c2ccc(N3C[C@H](CNC(C)=S)OC3=O)cc2F)CC1. The summed E-state index contributed by atoms with van der Waals surface area (Å²) in [4.78, 5) is 31.7. The molecule has 0 bridgehead atoms. The molecule has 0 aromatic heterocycles. The molecule has 0 unspecified atom stereocenters. The fourth-order valence-corrected chi connectivity index (χ4v) is 4.56. The highest BCUT2D eigenvalue weighted by Crippen LogP contribution is 2.34. The number of anilines is 3. The van der Waals surface area contributed by atoms with Crippen LogP contribution in [0.4, 0.5) is 26.2 Å². The van der Waals surface area contributed by atoms with Gasteiger partial charge in [-0.1, -0.05) is 12.2 Å². The number of hydrogen-bond donors (Lipinski definition) is 2. The fourth-order valence-electron chi connectivity index (χ4n) is 4.47. The number of rotatable bonds is 7. The molecule has 0 spiro atoms. The van der Waals surface area contributed by atoms with Gasteiger partial charge in [0.15, 0.2) is 0 Å². The predicted octanol–water partition coefficient (Wildman–Crippen LogP) is 4.20. The molecular weight excluding hydrogens is 497 g/mol. The Morgan fingerprint density at radius 1 is 1.27 bits per heavy atom. The summed E-state index contributed by atoms with van der Waals surface area (Å²) in [5.41, 5.74) is 1.17. The molecule has 0 radical (unpaired) electrons. The van der Waals surface area contributed by atoms with Crippen molar-refractivity contribution >= 4 is 46.3 Å². The molecule has 0 aliphatic carbocycles. The first-order valence-corrected chi connectivity index (χ1v) is 12.3.